The number of carbonyl (C=O) groups is 1. The zero-order valence-electron chi connectivity index (χ0n) is 18.4. The number of halogens is 4. The Labute approximate surface area is 196 Å². The minimum atomic E-state index is -2.95. The number of amides is 1. The van der Waals surface area contributed by atoms with Crippen LogP contribution in [0.5, 0.6) is 0 Å². The summed E-state index contributed by atoms with van der Waals surface area (Å²) in [5.41, 5.74) is 5.50. The Morgan fingerprint density at radius 3 is 2.68 bits per heavy atom. The van der Waals surface area contributed by atoms with E-state index in [9.17, 15) is 22.4 Å². The van der Waals surface area contributed by atoms with Gasteiger partial charge in [-0.2, -0.15) is 5.10 Å². The van der Waals surface area contributed by atoms with Crippen LogP contribution in [0.3, 0.4) is 0 Å². The van der Waals surface area contributed by atoms with Gasteiger partial charge in [0.2, 0.25) is 0 Å². The lowest BCUT2D eigenvalue weighted by Crippen LogP contribution is -2.37. The maximum atomic E-state index is 14.5. The van der Waals surface area contributed by atoms with Gasteiger partial charge < -0.3 is 21.3 Å². The van der Waals surface area contributed by atoms with Crippen molar-refractivity contribution in [2.75, 3.05) is 36.1 Å². The monoisotopic (exact) mass is 497 g/mol. The first-order valence-corrected chi connectivity index (χ1v) is 11.3. The summed E-state index contributed by atoms with van der Waals surface area (Å²) in [5.74, 6) is -5.07. The molecule has 3 aromatic rings. The van der Waals surface area contributed by atoms with Crippen molar-refractivity contribution in [3.05, 3.63) is 41.7 Å². The van der Waals surface area contributed by atoms with Crippen LogP contribution in [0, 0.1) is 11.6 Å². The van der Waals surface area contributed by atoms with Gasteiger partial charge in [-0.05, 0) is 25.6 Å². The largest absolute Gasteiger partial charge is 0.389 e. The van der Waals surface area contributed by atoms with Crippen molar-refractivity contribution >= 4 is 33.8 Å². The number of nitrogens with zero attached hydrogens (tertiary/aromatic N) is 4. The van der Waals surface area contributed by atoms with Crippen LogP contribution < -0.4 is 21.3 Å². The third kappa shape index (κ3) is 4.71. The number of hydrogen-bond donors (Lipinski definition) is 3. The molecule has 0 aliphatic carbocycles. The molecule has 1 fully saturated rings. The second-order valence-electron chi connectivity index (χ2n) is 8.04. The molecule has 182 valence electrons. The topological polar surface area (TPSA) is 101 Å². The van der Waals surface area contributed by atoms with Crippen molar-refractivity contribution < 1.29 is 22.4 Å². The Morgan fingerprint density at radius 1 is 1.29 bits per heavy atom. The third-order valence-electron chi connectivity index (χ3n) is 5.62. The average molecular weight is 498 g/mol. The van der Waals surface area contributed by atoms with Gasteiger partial charge in [-0.1, -0.05) is 17.4 Å². The van der Waals surface area contributed by atoms with E-state index in [1.807, 2.05) is 0 Å². The summed E-state index contributed by atoms with van der Waals surface area (Å²) in [6.07, 6.45) is 1.51. The number of aromatic nitrogens is 3. The van der Waals surface area contributed by atoms with E-state index >= 15 is 0 Å². The standard InChI is InChI=1S/C21H23F4N7OS/c1-27-11-6-7-32(10-21(24,25)8-11)20-14(9-28-31(20)2)29-18(33)16-17(26)34-19(30-16)15-12(22)4-3-5-13(15)23/h3-5,9,11,27H,6-8,10,26H2,1-2H3,(H,29,33). The highest BCUT2D eigenvalue weighted by atomic mass is 32.1. The molecule has 1 aliphatic heterocycles. The van der Waals surface area contributed by atoms with Crippen LogP contribution in [-0.4, -0.2) is 52.8 Å². The number of nitrogen functional groups attached to an aromatic ring is 1. The number of nitrogens with two attached hydrogens (primary N) is 1. The summed E-state index contributed by atoms with van der Waals surface area (Å²) in [4.78, 5) is 18.5. The number of nitrogens with one attached hydrogen (secondary N) is 2. The van der Waals surface area contributed by atoms with Crippen molar-refractivity contribution in [3.63, 3.8) is 0 Å². The minimum Gasteiger partial charge on any atom is -0.389 e. The Balaban J connectivity index is 1.61. The second-order valence-corrected chi connectivity index (χ2v) is 9.07. The first kappa shape index (κ1) is 24.0. The molecule has 0 bridgehead atoms. The van der Waals surface area contributed by atoms with E-state index in [2.05, 4.69) is 20.7 Å². The molecule has 0 radical (unpaired) electrons. The molecule has 2 aromatic heterocycles. The smallest absolute Gasteiger partial charge is 0.277 e. The SMILES string of the molecule is CNC1CCN(c2c(NC(=O)c3nc(-c4c(F)cccc4F)sc3N)cnn2C)CC(F)(F)C1. The number of aryl methyl sites for hydroxylation is 1. The van der Waals surface area contributed by atoms with Gasteiger partial charge in [0, 0.05) is 26.1 Å². The van der Waals surface area contributed by atoms with Gasteiger partial charge in [0.1, 0.15) is 27.3 Å². The predicted octanol–water partition coefficient (Wildman–Crippen LogP) is 3.48. The van der Waals surface area contributed by atoms with Gasteiger partial charge in [-0.3, -0.25) is 9.48 Å². The maximum absolute atomic E-state index is 14.5. The fourth-order valence-electron chi connectivity index (χ4n) is 4.00. The lowest BCUT2D eigenvalue weighted by Gasteiger charge is -2.26. The summed E-state index contributed by atoms with van der Waals surface area (Å²) in [7, 11) is 3.23. The number of hydrogen-bond acceptors (Lipinski definition) is 7. The summed E-state index contributed by atoms with van der Waals surface area (Å²) >= 11 is 0.766. The van der Waals surface area contributed by atoms with Crippen molar-refractivity contribution in [1.82, 2.24) is 20.1 Å². The molecule has 1 atom stereocenters. The summed E-state index contributed by atoms with van der Waals surface area (Å²) in [6, 6.07) is 3.02. The molecule has 0 saturated carbocycles. The number of thiazole rings is 1. The first-order chi connectivity index (χ1) is 16.1. The second kappa shape index (κ2) is 9.22. The fourth-order valence-corrected chi connectivity index (χ4v) is 4.88. The number of benzene rings is 1. The van der Waals surface area contributed by atoms with Crippen molar-refractivity contribution in [2.24, 2.45) is 7.05 Å². The minimum absolute atomic E-state index is 0.0428. The van der Waals surface area contributed by atoms with Gasteiger partial charge in [0.15, 0.2) is 11.5 Å². The van der Waals surface area contributed by atoms with Crippen LogP contribution in [0.4, 0.5) is 34.1 Å². The fraction of sp³-hybridized carbons (Fsp3) is 0.381. The zero-order valence-corrected chi connectivity index (χ0v) is 19.2. The number of alkyl halides is 2. The van der Waals surface area contributed by atoms with Gasteiger partial charge in [0.05, 0.1) is 18.3 Å². The Morgan fingerprint density at radius 2 is 2.00 bits per heavy atom. The van der Waals surface area contributed by atoms with Crippen molar-refractivity contribution in [2.45, 2.75) is 24.8 Å². The molecule has 34 heavy (non-hydrogen) atoms. The van der Waals surface area contributed by atoms with Crippen molar-refractivity contribution in [1.29, 1.82) is 0 Å². The number of anilines is 3. The molecule has 4 N–H and O–H groups in total. The van der Waals surface area contributed by atoms with Crippen molar-refractivity contribution in [3.8, 4) is 10.6 Å². The van der Waals surface area contributed by atoms with Crippen LogP contribution in [0.25, 0.3) is 10.6 Å². The molecule has 1 aromatic carbocycles. The van der Waals surface area contributed by atoms with E-state index in [1.54, 1.807) is 14.1 Å². The lowest BCUT2D eigenvalue weighted by atomic mass is 10.1. The Hall–Kier alpha value is -3.19. The van der Waals surface area contributed by atoms with Gasteiger partial charge in [-0.25, -0.2) is 22.5 Å². The molecule has 1 unspecified atom stereocenters. The van der Waals surface area contributed by atoms with E-state index in [-0.39, 0.29) is 39.4 Å². The molecule has 0 spiro atoms. The molecule has 1 amide bonds. The lowest BCUT2D eigenvalue weighted by molar-refractivity contribution is -0.00303. The number of rotatable bonds is 5. The number of carbonyl (C=O) groups excluding carboxylic acids is 1. The van der Waals surface area contributed by atoms with E-state index in [0.717, 1.165) is 23.5 Å². The third-order valence-corrected chi connectivity index (χ3v) is 6.53. The van der Waals surface area contributed by atoms with Gasteiger partial charge in [-0.15, -0.1) is 0 Å². The van der Waals surface area contributed by atoms with E-state index in [0.29, 0.717) is 18.8 Å². The highest BCUT2D eigenvalue weighted by Crippen LogP contribution is 2.36. The molecular weight excluding hydrogens is 474 g/mol. The highest BCUT2D eigenvalue weighted by Gasteiger charge is 2.39. The van der Waals surface area contributed by atoms with Gasteiger partial charge in [0.25, 0.3) is 11.8 Å². The van der Waals surface area contributed by atoms with Gasteiger partial charge >= 0.3 is 0 Å². The van der Waals surface area contributed by atoms with Crippen LogP contribution in [-0.2, 0) is 7.05 Å². The molecule has 8 nitrogen and oxygen atoms in total. The first-order valence-electron chi connectivity index (χ1n) is 10.4. The van der Waals surface area contributed by atoms with Crippen LogP contribution in [0.15, 0.2) is 24.4 Å². The normalized spacial score (nSPS) is 18.1. The molecule has 1 aliphatic rings. The quantitative estimate of drug-likeness (QED) is 0.467. The molecule has 3 heterocycles. The summed E-state index contributed by atoms with van der Waals surface area (Å²) in [5, 5.41) is 9.49. The zero-order chi connectivity index (χ0) is 24.6. The van der Waals surface area contributed by atoms with Crippen LogP contribution >= 0.6 is 11.3 Å². The average Bonchev–Trinajstić information content (AvgIpc) is 3.27. The summed E-state index contributed by atoms with van der Waals surface area (Å²) < 4.78 is 58.7. The highest BCUT2D eigenvalue weighted by molar-refractivity contribution is 7.19. The molecule has 1 saturated heterocycles. The van der Waals surface area contributed by atoms with E-state index in [4.69, 9.17) is 5.73 Å². The Kier molecular flexibility index (Phi) is 6.49. The molecule has 4 rings (SSSR count). The van der Waals surface area contributed by atoms with E-state index in [1.165, 1.54) is 21.8 Å². The van der Waals surface area contributed by atoms with E-state index < -0.39 is 30.0 Å². The molecular formula is C21H23F4N7OS. The summed E-state index contributed by atoms with van der Waals surface area (Å²) in [6.45, 7) is -0.220. The molecule has 13 heteroatoms. The van der Waals surface area contributed by atoms with Crippen LogP contribution in [0.2, 0.25) is 0 Å². The van der Waals surface area contributed by atoms with Crippen LogP contribution in [0.1, 0.15) is 23.3 Å². The maximum Gasteiger partial charge on any atom is 0.277 e. The predicted molar refractivity (Wildman–Crippen MR) is 122 cm³/mol. The Bertz CT molecular complexity index is 1190.